The molecule has 0 unspecified atom stereocenters. The molecule has 0 aliphatic heterocycles. The smallest absolute Gasteiger partial charge is 0.356 e. The van der Waals surface area contributed by atoms with Crippen molar-refractivity contribution in [3.63, 3.8) is 0 Å². The SMILES string of the molecule is CCOC(=O)c1[nH]cc(C#N)c1C#N. The molecule has 1 rings (SSSR count). The first kappa shape index (κ1) is 9.82. The van der Waals surface area contributed by atoms with Crippen LogP contribution in [0.2, 0.25) is 0 Å². The normalized spacial score (nSPS) is 8.79. The van der Waals surface area contributed by atoms with Crippen molar-refractivity contribution in [2.75, 3.05) is 6.61 Å². The van der Waals surface area contributed by atoms with Gasteiger partial charge in [0, 0.05) is 6.20 Å². The van der Waals surface area contributed by atoms with E-state index in [1.165, 1.54) is 6.20 Å². The Labute approximate surface area is 80.5 Å². The number of H-pyrrole nitrogens is 1. The maximum atomic E-state index is 11.2. The van der Waals surface area contributed by atoms with E-state index in [0.717, 1.165) is 0 Å². The number of rotatable bonds is 2. The van der Waals surface area contributed by atoms with Crippen molar-refractivity contribution in [1.82, 2.24) is 4.98 Å². The fourth-order valence-corrected chi connectivity index (χ4v) is 0.992. The van der Waals surface area contributed by atoms with Gasteiger partial charge in [-0.05, 0) is 6.92 Å². The molecule has 1 heterocycles. The van der Waals surface area contributed by atoms with Crippen LogP contribution in [-0.4, -0.2) is 17.6 Å². The molecule has 0 amide bonds. The van der Waals surface area contributed by atoms with E-state index < -0.39 is 5.97 Å². The number of nitriles is 2. The summed E-state index contributed by atoms with van der Waals surface area (Å²) in [5.41, 5.74) is 0.215. The first-order valence-corrected chi connectivity index (χ1v) is 3.93. The van der Waals surface area contributed by atoms with Gasteiger partial charge in [-0.1, -0.05) is 0 Å². The van der Waals surface area contributed by atoms with E-state index in [2.05, 4.69) is 4.98 Å². The molecule has 0 aliphatic rings. The molecule has 70 valence electrons. The van der Waals surface area contributed by atoms with E-state index in [0.29, 0.717) is 0 Å². The predicted molar refractivity (Wildman–Crippen MR) is 46.2 cm³/mol. The Balaban J connectivity index is 3.12. The number of hydrogen-bond acceptors (Lipinski definition) is 4. The largest absolute Gasteiger partial charge is 0.461 e. The molecule has 0 fully saturated rings. The summed E-state index contributed by atoms with van der Waals surface area (Å²) in [6.45, 7) is 1.89. The van der Waals surface area contributed by atoms with Crippen molar-refractivity contribution in [3.8, 4) is 12.1 Å². The van der Waals surface area contributed by atoms with Gasteiger partial charge in [-0.3, -0.25) is 0 Å². The van der Waals surface area contributed by atoms with Crippen molar-refractivity contribution in [2.24, 2.45) is 0 Å². The maximum Gasteiger partial charge on any atom is 0.356 e. The topological polar surface area (TPSA) is 89.7 Å². The van der Waals surface area contributed by atoms with Crippen molar-refractivity contribution in [1.29, 1.82) is 10.5 Å². The molecule has 1 aromatic rings. The second-order valence-electron chi connectivity index (χ2n) is 2.40. The van der Waals surface area contributed by atoms with Gasteiger partial charge in [0.2, 0.25) is 0 Å². The molecule has 1 aromatic heterocycles. The fourth-order valence-electron chi connectivity index (χ4n) is 0.992. The van der Waals surface area contributed by atoms with Crippen LogP contribution >= 0.6 is 0 Å². The summed E-state index contributed by atoms with van der Waals surface area (Å²) in [4.78, 5) is 13.8. The molecular weight excluding hydrogens is 182 g/mol. The third-order valence-electron chi connectivity index (χ3n) is 1.59. The van der Waals surface area contributed by atoms with Gasteiger partial charge < -0.3 is 9.72 Å². The maximum absolute atomic E-state index is 11.2. The molecular formula is C9H7N3O2. The fraction of sp³-hybridized carbons (Fsp3) is 0.222. The molecule has 0 saturated carbocycles. The van der Waals surface area contributed by atoms with E-state index in [1.807, 2.05) is 0 Å². The summed E-state index contributed by atoms with van der Waals surface area (Å²) in [5, 5.41) is 17.3. The molecule has 0 aromatic carbocycles. The lowest BCUT2D eigenvalue weighted by molar-refractivity contribution is 0.0520. The Morgan fingerprint density at radius 3 is 2.79 bits per heavy atom. The lowest BCUT2D eigenvalue weighted by atomic mass is 10.2. The van der Waals surface area contributed by atoms with Crippen molar-refractivity contribution >= 4 is 5.97 Å². The van der Waals surface area contributed by atoms with E-state index >= 15 is 0 Å². The molecule has 1 N–H and O–H groups in total. The first-order valence-electron chi connectivity index (χ1n) is 3.93. The molecule has 0 radical (unpaired) electrons. The minimum Gasteiger partial charge on any atom is -0.461 e. The van der Waals surface area contributed by atoms with Crippen LogP contribution < -0.4 is 0 Å². The van der Waals surface area contributed by atoms with Crippen LogP contribution in [0.15, 0.2) is 6.20 Å². The monoisotopic (exact) mass is 189 g/mol. The number of hydrogen-bond donors (Lipinski definition) is 1. The minimum atomic E-state index is -0.620. The molecule has 0 bridgehead atoms. The highest BCUT2D eigenvalue weighted by atomic mass is 16.5. The summed E-state index contributed by atoms with van der Waals surface area (Å²) in [7, 11) is 0. The summed E-state index contributed by atoms with van der Waals surface area (Å²) >= 11 is 0. The third-order valence-corrected chi connectivity index (χ3v) is 1.59. The van der Waals surface area contributed by atoms with Gasteiger partial charge in [0.05, 0.1) is 12.2 Å². The van der Waals surface area contributed by atoms with Gasteiger partial charge in [-0.2, -0.15) is 10.5 Å². The van der Waals surface area contributed by atoms with Gasteiger partial charge in [0.15, 0.2) is 0 Å². The van der Waals surface area contributed by atoms with Crippen molar-refractivity contribution in [2.45, 2.75) is 6.92 Å². The quantitative estimate of drug-likeness (QED) is 0.701. The first-order chi connectivity index (χ1) is 6.74. The molecule has 5 nitrogen and oxygen atoms in total. The average Bonchev–Trinajstić information content (AvgIpc) is 2.60. The number of aromatic nitrogens is 1. The number of esters is 1. The number of nitrogens with zero attached hydrogens (tertiary/aromatic N) is 2. The molecule has 0 aliphatic carbocycles. The van der Waals surface area contributed by atoms with E-state index in [9.17, 15) is 4.79 Å². The average molecular weight is 189 g/mol. The molecule has 0 spiro atoms. The Morgan fingerprint density at radius 2 is 2.29 bits per heavy atom. The molecule has 14 heavy (non-hydrogen) atoms. The zero-order chi connectivity index (χ0) is 10.6. The van der Waals surface area contributed by atoms with Gasteiger partial charge >= 0.3 is 5.97 Å². The Hall–Kier alpha value is -2.27. The number of ether oxygens (including phenoxy) is 1. The summed E-state index contributed by atoms with van der Waals surface area (Å²) in [5.74, 6) is -0.620. The van der Waals surface area contributed by atoms with Crippen molar-refractivity contribution < 1.29 is 9.53 Å². The second-order valence-corrected chi connectivity index (χ2v) is 2.40. The zero-order valence-electron chi connectivity index (χ0n) is 7.50. The number of nitrogens with one attached hydrogen (secondary N) is 1. The van der Waals surface area contributed by atoms with Gasteiger partial charge in [0.1, 0.15) is 23.4 Å². The predicted octanol–water partition coefficient (Wildman–Crippen LogP) is 0.935. The highest BCUT2D eigenvalue weighted by molar-refractivity contribution is 5.91. The standard InChI is InChI=1S/C9H7N3O2/c1-2-14-9(13)8-7(4-11)6(3-10)5-12-8/h5,12H,2H2,1H3. The van der Waals surface area contributed by atoms with Crippen LogP contribution in [0, 0.1) is 22.7 Å². The summed E-state index contributed by atoms with van der Waals surface area (Å²) in [6.07, 6.45) is 1.31. The highest BCUT2D eigenvalue weighted by Crippen LogP contribution is 2.12. The lowest BCUT2D eigenvalue weighted by Crippen LogP contribution is -2.06. The van der Waals surface area contributed by atoms with E-state index in [1.54, 1.807) is 19.1 Å². The van der Waals surface area contributed by atoms with Gasteiger partial charge in [-0.25, -0.2) is 4.79 Å². The van der Waals surface area contributed by atoms with Crippen LogP contribution in [0.5, 0.6) is 0 Å². The molecule has 0 atom stereocenters. The Bertz CT molecular complexity index is 434. The van der Waals surface area contributed by atoms with Crippen LogP contribution in [-0.2, 0) is 4.74 Å². The van der Waals surface area contributed by atoms with Crippen molar-refractivity contribution in [3.05, 3.63) is 23.0 Å². The lowest BCUT2D eigenvalue weighted by Gasteiger charge is -1.98. The second kappa shape index (κ2) is 4.11. The Kier molecular flexibility index (Phi) is 2.88. The van der Waals surface area contributed by atoms with Crippen LogP contribution in [0.25, 0.3) is 0 Å². The van der Waals surface area contributed by atoms with E-state index in [-0.39, 0.29) is 23.4 Å². The number of aromatic amines is 1. The number of carbonyl (C=O) groups is 1. The molecule has 5 heteroatoms. The molecule has 0 saturated heterocycles. The van der Waals surface area contributed by atoms with Crippen LogP contribution in [0.4, 0.5) is 0 Å². The summed E-state index contributed by atoms with van der Waals surface area (Å²) < 4.78 is 4.70. The highest BCUT2D eigenvalue weighted by Gasteiger charge is 2.17. The number of carbonyl (C=O) groups excluding carboxylic acids is 1. The minimum absolute atomic E-state index is 0.0332. The Morgan fingerprint density at radius 1 is 1.57 bits per heavy atom. The van der Waals surface area contributed by atoms with Crippen LogP contribution in [0.1, 0.15) is 28.5 Å². The van der Waals surface area contributed by atoms with Crippen LogP contribution in [0.3, 0.4) is 0 Å². The van der Waals surface area contributed by atoms with E-state index in [4.69, 9.17) is 15.3 Å². The van der Waals surface area contributed by atoms with Gasteiger partial charge in [-0.15, -0.1) is 0 Å². The summed E-state index contributed by atoms with van der Waals surface area (Å²) in [6, 6.07) is 3.58. The zero-order valence-corrected chi connectivity index (χ0v) is 7.50. The third kappa shape index (κ3) is 1.57. The van der Waals surface area contributed by atoms with Gasteiger partial charge in [0.25, 0.3) is 0 Å².